The highest BCUT2D eigenvalue weighted by atomic mass is 32.2. The summed E-state index contributed by atoms with van der Waals surface area (Å²) in [5, 5.41) is 20.9. The second kappa shape index (κ2) is 11.1. The Hall–Kier alpha value is -3.04. The molecule has 0 radical (unpaired) electrons. The fraction of sp³-hybridized carbons (Fsp3) is 0.560. The molecule has 2 aromatic rings. The lowest BCUT2D eigenvalue weighted by Gasteiger charge is -2.40. The van der Waals surface area contributed by atoms with Crippen LogP contribution in [0.4, 0.5) is 20.3 Å². The van der Waals surface area contributed by atoms with Crippen molar-refractivity contribution in [1.29, 1.82) is 5.26 Å². The van der Waals surface area contributed by atoms with Crippen molar-refractivity contribution in [3.05, 3.63) is 36.0 Å². The normalized spacial score (nSPS) is 23.0. The first-order valence-corrected chi connectivity index (χ1v) is 14.1. The number of hydrogen-bond donors (Lipinski definition) is 3. The molecule has 37 heavy (non-hydrogen) atoms. The van der Waals surface area contributed by atoms with Gasteiger partial charge in [-0.25, -0.2) is 8.42 Å². The minimum atomic E-state index is -4.72. The fourth-order valence-electron chi connectivity index (χ4n) is 5.42. The molecule has 1 heterocycles. The third kappa shape index (κ3) is 5.93. The van der Waals surface area contributed by atoms with Crippen LogP contribution in [0.2, 0.25) is 0 Å². The number of carbonyl (C=O) groups excluding carboxylic acids is 1. The molecule has 4 rings (SSSR count). The highest BCUT2D eigenvalue weighted by Crippen LogP contribution is 2.39. The highest BCUT2D eigenvalue weighted by Gasteiger charge is 2.39. The molecule has 1 aromatic heterocycles. The summed E-state index contributed by atoms with van der Waals surface area (Å²) in [6.07, 6.45) is 11.2. The molecule has 2 aliphatic carbocycles. The summed E-state index contributed by atoms with van der Waals surface area (Å²) in [4.78, 5) is 11.7. The number of aromatic nitrogens is 2. The highest BCUT2D eigenvalue weighted by molar-refractivity contribution is 7.91. The van der Waals surface area contributed by atoms with Gasteiger partial charge in [0.1, 0.15) is 5.56 Å². The van der Waals surface area contributed by atoms with Gasteiger partial charge < -0.3 is 16.4 Å². The number of amides is 1. The number of nitrogens with one attached hydrogen (secondary N) is 2. The average Bonchev–Trinajstić information content (AvgIpc) is 3.31. The number of halogens is 2. The monoisotopic (exact) mass is 534 g/mol. The van der Waals surface area contributed by atoms with Gasteiger partial charge >= 0.3 is 5.76 Å². The summed E-state index contributed by atoms with van der Waals surface area (Å²) in [6, 6.07) is 7.94. The van der Waals surface area contributed by atoms with Gasteiger partial charge in [0.2, 0.25) is 9.84 Å². The third-order valence-electron chi connectivity index (χ3n) is 7.55. The zero-order valence-corrected chi connectivity index (χ0v) is 21.3. The van der Waals surface area contributed by atoms with Crippen LogP contribution in [-0.4, -0.2) is 41.9 Å². The second-order valence-corrected chi connectivity index (χ2v) is 11.9. The molecule has 12 heteroatoms. The molecule has 0 atom stereocenters. The van der Waals surface area contributed by atoms with Gasteiger partial charge in [-0.2, -0.15) is 19.1 Å². The van der Waals surface area contributed by atoms with Gasteiger partial charge in [0.05, 0.1) is 22.9 Å². The van der Waals surface area contributed by atoms with E-state index in [0.717, 1.165) is 25.0 Å². The van der Waals surface area contributed by atoms with Gasteiger partial charge in [-0.05, 0) is 62.8 Å². The summed E-state index contributed by atoms with van der Waals surface area (Å²) in [6.45, 7) is 0. The molecular weight excluding hydrogens is 502 g/mol. The molecule has 1 aromatic carbocycles. The minimum Gasteiger partial charge on any atom is -0.365 e. The number of nitriles is 1. The average molecular weight is 535 g/mol. The molecule has 4 N–H and O–H groups in total. The number of primary amides is 1. The molecular formula is C25H32F2N6O3S. The number of benzene rings is 1. The number of alkyl halides is 2. The zero-order chi connectivity index (χ0) is 26.6. The zero-order valence-electron chi connectivity index (χ0n) is 20.5. The van der Waals surface area contributed by atoms with E-state index < -0.39 is 31.9 Å². The smallest absolute Gasteiger partial charge is 0.341 e. The van der Waals surface area contributed by atoms with Crippen molar-refractivity contribution in [3.63, 3.8) is 0 Å². The molecule has 0 saturated heterocycles. The van der Waals surface area contributed by atoms with E-state index in [-0.39, 0.29) is 17.8 Å². The molecule has 2 aliphatic rings. The molecule has 0 spiro atoms. The Labute approximate surface area is 215 Å². The Kier molecular flexibility index (Phi) is 8.14. The first-order valence-electron chi connectivity index (χ1n) is 12.6. The third-order valence-corrected chi connectivity index (χ3v) is 8.95. The number of anilines is 2. The van der Waals surface area contributed by atoms with Crippen molar-refractivity contribution >= 4 is 27.2 Å². The van der Waals surface area contributed by atoms with Gasteiger partial charge in [-0.1, -0.05) is 19.3 Å². The van der Waals surface area contributed by atoms with Crippen molar-refractivity contribution in [2.75, 3.05) is 5.32 Å². The number of nitrogens with zero attached hydrogens (tertiary/aromatic N) is 3. The maximum atomic E-state index is 12.8. The van der Waals surface area contributed by atoms with E-state index in [1.807, 2.05) is 0 Å². The van der Waals surface area contributed by atoms with E-state index in [1.54, 1.807) is 10.9 Å². The molecule has 9 nitrogen and oxygen atoms in total. The molecule has 2 fully saturated rings. The molecule has 2 saturated carbocycles. The largest absolute Gasteiger partial charge is 0.365 e. The van der Waals surface area contributed by atoms with E-state index in [9.17, 15) is 27.3 Å². The Morgan fingerprint density at radius 3 is 2.32 bits per heavy atom. The Morgan fingerprint density at radius 2 is 1.76 bits per heavy atom. The van der Waals surface area contributed by atoms with Crippen molar-refractivity contribution in [2.24, 2.45) is 5.73 Å². The fourth-order valence-corrected chi connectivity index (χ4v) is 6.14. The number of rotatable bonds is 9. The van der Waals surface area contributed by atoms with Crippen LogP contribution in [0.25, 0.3) is 0 Å². The van der Waals surface area contributed by atoms with E-state index in [1.165, 1.54) is 44.2 Å². The SMILES string of the molecule is N#CCC1(n2cc(C(N)=O)c(Nc3ccc(S(=O)(=O)C(F)F)cc3)n2)CCC(NC2CCCCC2)CC1. The first-order chi connectivity index (χ1) is 17.6. The minimum absolute atomic E-state index is 0.115. The lowest BCUT2D eigenvalue weighted by atomic mass is 9.77. The second-order valence-electron chi connectivity index (χ2n) is 9.99. The van der Waals surface area contributed by atoms with Crippen molar-refractivity contribution in [2.45, 2.75) is 92.5 Å². The van der Waals surface area contributed by atoms with Crippen LogP contribution >= 0.6 is 0 Å². The van der Waals surface area contributed by atoms with Crippen LogP contribution in [-0.2, 0) is 15.4 Å². The molecule has 0 aliphatic heterocycles. The van der Waals surface area contributed by atoms with Gasteiger partial charge in [0.15, 0.2) is 5.82 Å². The van der Waals surface area contributed by atoms with Crippen LogP contribution < -0.4 is 16.4 Å². The quantitative estimate of drug-likeness (QED) is 0.438. The van der Waals surface area contributed by atoms with E-state index in [0.29, 0.717) is 30.6 Å². The summed E-state index contributed by atoms with van der Waals surface area (Å²) in [5.41, 5.74) is 5.47. The number of carbonyl (C=O) groups is 1. The van der Waals surface area contributed by atoms with Crippen LogP contribution in [0.15, 0.2) is 35.4 Å². The summed E-state index contributed by atoms with van der Waals surface area (Å²) in [5.74, 6) is -4.09. The van der Waals surface area contributed by atoms with Crippen LogP contribution in [0, 0.1) is 11.3 Å². The molecule has 0 unspecified atom stereocenters. The Balaban J connectivity index is 1.53. The van der Waals surface area contributed by atoms with E-state index in [4.69, 9.17) is 5.73 Å². The van der Waals surface area contributed by atoms with Crippen LogP contribution in [0.1, 0.15) is 74.6 Å². The van der Waals surface area contributed by atoms with Crippen LogP contribution in [0.3, 0.4) is 0 Å². The number of hydrogen-bond acceptors (Lipinski definition) is 7. The summed E-state index contributed by atoms with van der Waals surface area (Å²) < 4.78 is 50.6. The van der Waals surface area contributed by atoms with Crippen molar-refractivity contribution in [3.8, 4) is 6.07 Å². The predicted octanol–water partition coefficient (Wildman–Crippen LogP) is 4.20. The Bertz CT molecular complexity index is 1240. The Morgan fingerprint density at radius 1 is 1.14 bits per heavy atom. The lowest BCUT2D eigenvalue weighted by molar-refractivity contribution is 0.1000. The standard InChI is InChI=1S/C25H32F2N6O3S/c26-24(27)37(35,36)20-8-6-18(7-9-20)31-23-21(22(29)34)16-33(32-23)25(14-15-28)12-10-19(11-13-25)30-17-4-2-1-3-5-17/h6-9,16-17,19,24,30H,1-5,10-14H2,(H2,29,34)(H,31,32). The van der Waals surface area contributed by atoms with Crippen molar-refractivity contribution in [1.82, 2.24) is 15.1 Å². The summed E-state index contributed by atoms with van der Waals surface area (Å²) >= 11 is 0. The van der Waals surface area contributed by atoms with E-state index in [2.05, 4.69) is 21.8 Å². The number of nitrogens with two attached hydrogens (primary N) is 1. The maximum absolute atomic E-state index is 12.8. The number of sulfone groups is 1. The maximum Gasteiger partial charge on any atom is 0.341 e. The lowest BCUT2D eigenvalue weighted by Crippen LogP contribution is -2.46. The van der Waals surface area contributed by atoms with E-state index >= 15 is 0 Å². The van der Waals surface area contributed by atoms with Crippen molar-refractivity contribution < 1.29 is 22.0 Å². The molecule has 1 amide bonds. The van der Waals surface area contributed by atoms with Gasteiger partial charge in [0.25, 0.3) is 5.91 Å². The molecule has 0 bridgehead atoms. The van der Waals surface area contributed by atoms with Crippen LogP contribution in [0.5, 0.6) is 0 Å². The molecule has 200 valence electrons. The topological polar surface area (TPSA) is 143 Å². The van der Waals surface area contributed by atoms with Gasteiger partial charge in [0, 0.05) is 24.0 Å². The summed E-state index contributed by atoms with van der Waals surface area (Å²) in [7, 11) is -4.72. The van der Waals surface area contributed by atoms with Gasteiger partial charge in [-0.3, -0.25) is 9.48 Å². The van der Waals surface area contributed by atoms with Gasteiger partial charge in [-0.15, -0.1) is 0 Å². The first kappa shape index (κ1) is 27.0. The predicted molar refractivity (Wildman–Crippen MR) is 134 cm³/mol.